The van der Waals surface area contributed by atoms with Crippen LogP contribution in [0.1, 0.15) is 25.3 Å². The van der Waals surface area contributed by atoms with E-state index in [-0.39, 0.29) is 5.91 Å². The van der Waals surface area contributed by atoms with Crippen LogP contribution in [-0.2, 0) is 9.53 Å². The van der Waals surface area contributed by atoms with Crippen LogP contribution >= 0.6 is 0 Å². The van der Waals surface area contributed by atoms with Crippen molar-refractivity contribution in [2.75, 3.05) is 39.3 Å². The van der Waals surface area contributed by atoms with E-state index in [0.717, 1.165) is 52.2 Å². The Morgan fingerprint density at radius 2 is 2.04 bits per heavy atom. The summed E-state index contributed by atoms with van der Waals surface area (Å²) in [5.41, 5.74) is 0.577. The first-order valence-electron chi connectivity index (χ1n) is 8.95. The van der Waals surface area contributed by atoms with Crippen molar-refractivity contribution < 1.29 is 14.3 Å². The van der Waals surface area contributed by atoms with Crippen molar-refractivity contribution in [2.24, 2.45) is 0 Å². The fourth-order valence-electron chi connectivity index (χ4n) is 3.35. The molecule has 2 fully saturated rings. The van der Waals surface area contributed by atoms with Crippen LogP contribution in [0.4, 0.5) is 0 Å². The number of carbonyl (C=O) groups excluding carboxylic acids is 1. The van der Waals surface area contributed by atoms with Gasteiger partial charge in [0.1, 0.15) is 5.75 Å². The lowest BCUT2D eigenvalue weighted by molar-refractivity contribution is -0.139. The lowest BCUT2D eigenvalue weighted by Crippen LogP contribution is -2.53. The van der Waals surface area contributed by atoms with Gasteiger partial charge in [0.2, 0.25) is 0 Å². The van der Waals surface area contributed by atoms with Gasteiger partial charge in [-0.2, -0.15) is 5.26 Å². The van der Waals surface area contributed by atoms with Crippen molar-refractivity contribution in [2.45, 2.75) is 32.0 Å². The molecule has 1 aromatic rings. The largest absolute Gasteiger partial charge is 0.481 e. The Labute approximate surface area is 148 Å². The van der Waals surface area contributed by atoms with Crippen molar-refractivity contribution in [3.8, 4) is 11.8 Å². The van der Waals surface area contributed by atoms with E-state index < -0.39 is 6.10 Å². The lowest BCUT2D eigenvalue weighted by Gasteiger charge is -2.36. The van der Waals surface area contributed by atoms with Crippen LogP contribution in [0, 0.1) is 11.3 Å². The van der Waals surface area contributed by atoms with Gasteiger partial charge in [-0.1, -0.05) is 0 Å². The number of carbonyl (C=O) groups is 1. The molecule has 0 saturated carbocycles. The fraction of sp³-hybridized carbons (Fsp3) is 0.579. The predicted molar refractivity (Wildman–Crippen MR) is 93.2 cm³/mol. The minimum atomic E-state index is -0.530. The molecule has 0 N–H and O–H groups in total. The van der Waals surface area contributed by atoms with E-state index in [1.54, 1.807) is 31.2 Å². The zero-order chi connectivity index (χ0) is 17.6. The molecule has 0 bridgehead atoms. The monoisotopic (exact) mass is 343 g/mol. The molecule has 1 amide bonds. The molecule has 2 heterocycles. The summed E-state index contributed by atoms with van der Waals surface area (Å²) in [7, 11) is 0. The van der Waals surface area contributed by atoms with Gasteiger partial charge in [0.05, 0.1) is 17.7 Å². The van der Waals surface area contributed by atoms with E-state index in [2.05, 4.69) is 11.0 Å². The fourth-order valence-corrected chi connectivity index (χ4v) is 3.35. The number of benzene rings is 1. The maximum absolute atomic E-state index is 12.6. The molecule has 0 spiro atoms. The summed E-state index contributed by atoms with van der Waals surface area (Å²) >= 11 is 0. The van der Waals surface area contributed by atoms with E-state index in [4.69, 9.17) is 14.7 Å². The van der Waals surface area contributed by atoms with E-state index >= 15 is 0 Å². The summed E-state index contributed by atoms with van der Waals surface area (Å²) in [5.74, 6) is 0.623. The standard InChI is InChI=1S/C19H25N3O3/c1-15(25-17-6-4-16(13-20)5-7-17)19(23)22-10-8-21(9-11-22)14-18-3-2-12-24-18/h4-7,15,18H,2-3,8-12,14H2,1H3. The van der Waals surface area contributed by atoms with Crippen LogP contribution in [-0.4, -0.2) is 67.2 Å². The van der Waals surface area contributed by atoms with Gasteiger partial charge in [-0.3, -0.25) is 9.69 Å². The number of nitriles is 1. The number of nitrogens with zero attached hydrogens (tertiary/aromatic N) is 3. The van der Waals surface area contributed by atoms with Gasteiger partial charge in [0.25, 0.3) is 5.91 Å². The zero-order valence-corrected chi connectivity index (χ0v) is 14.7. The first-order chi connectivity index (χ1) is 12.2. The second-order valence-corrected chi connectivity index (χ2v) is 6.66. The molecule has 25 heavy (non-hydrogen) atoms. The summed E-state index contributed by atoms with van der Waals surface area (Å²) < 4.78 is 11.4. The molecule has 2 aliphatic heterocycles. The Morgan fingerprint density at radius 3 is 2.64 bits per heavy atom. The Balaban J connectivity index is 1.45. The first kappa shape index (κ1) is 17.7. The van der Waals surface area contributed by atoms with Crippen LogP contribution in [0.25, 0.3) is 0 Å². The molecule has 0 aliphatic carbocycles. The average molecular weight is 343 g/mol. The molecule has 6 heteroatoms. The van der Waals surface area contributed by atoms with Gasteiger partial charge in [-0.15, -0.1) is 0 Å². The molecule has 0 aromatic heterocycles. The smallest absolute Gasteiger partial charge is 0.263 e. The Morgan fingerprint density at radius 1 is 1.32 bits per heavy atom. The zero-order valence-electron chi connectivity index (χ0n) is 14.7. The molecular formula is C19H25N3O3. The second-order valence-electron chi connectivity index (χ2n) is 6.66. The highest BCUT2D eigenvalue weighted by Crippen LogP contribution is 2.17. The van der Waals surface area contributed by atoms with Gasteiger partial charge in [0, 0.05) is 39.3 Å². The maximum Gasteiger partial charge on any atom is 0.263 e. The normalized spacial score (nSPS) is 22.4. The van der Waals surface area contributed by atoms with Crippen molar-refractivity contribution >= 4 is 5.91 Å². The Kier molecular flexibility index (Phi) is 5.90. The summed E-state index contributed by atoms with van der Waals surface area (Å²) in [6.45, 7) is 6.86. The highest BCUT2D eigenvalue weighted by atomic mass is 16.5. The van der Waals surface area contributed by atoms with Crippen LogP contribution in [0.3, 0.4) is 0 Å². The third-order valence-electron chi connectivity index (χ3n) is 4.81. The summed E-state index contributed by atoms with van der Waals surface area (Å²) in [6.07, 6.45) is 2.14. The number of hydrogen-bond acceptors (Lipinski definition) is 5. The molecule has 3 rings (SSSR count). The second kappa shape index (κ2) is 8.32. The topological polar surface area (TPSA) is 65.8 Å². The molecule has 2 saturated heterocycles. The minimum absolute atomic E-state index is 0.0149. The third-order valence-corrected chi connectivity index (χ3v) is 4.81. The quantitative estimate of drug-likeness (QED) is 0.813. The molecule has 6 nitrogen and oxygen atoms in total. The number of amides is 1. The van der Waals surface area contributed by atoms with Crippen LogP contribution in [0.15, 0.2) is 24.3 Å². The van der Waals surface area contributed by atoms with E-state index in [9.17, 15) is 4.79 Å². The summed E-state index contributed by atoms with van der Waals surface area (Å²) in [4.78, 5) is 16.8. The average Bonchev–Trinajstić information content (AvgIpc) is 3.15. The molecule has 2 unspecified atom stereocenters. The van der Waals surface area contributed by atoms with Crippen LogP contribution in [0.2, 0.25) is 0 Å². The molecular weight excluding hydrogens is 318 g/mol. The third kappa shape index (κ3) is 4.71. The maximum atomic E-state index is 12.6. The van der Waals surface area contributed by atoms with Gasteiger partial charge < -0.3 is 14.4 Å². The number of piperazine rings is 1. The van der Waals surface area contributed by atoms with Gasteiger partial charge in [-0.05, 0) is 44.0 Å². The molecule has 1 aromatic carbocycles. The predicted octanol–water partition coefficient (Wildman–Crippen LogP) is 1.65. The van der Waals surface area contributed by atoms with E-state index in [1.165, 1.54) is 0 Å². The number of hydrogen-bond donors (Lipinski definition) is 0. The van der Waals surface area contributed by atoms with Gasteiger partial charge in [0.15, 0.2) is 6.10 Å². The Bertz CT molecular complexity index is 612. The molecule has 134 valence electrons. The number of rotatable bonds is 5. The summed E-state index contributed by atoms with van der Waals surface area (Å²) in [6, 6.07) is 8.90. The highest BCUT2D eigenvalue weighted by Gasteiger charge is 2.27. The van der Waals surface area contributed by atoms with Crippen molar-refractivity contribution in [1.29, 1.82) is 5.26 Å². The van der Waals surface area contributed by atoms with Crippen LogP contribution < -0.4 is 4.74 Å². The van der Waals surface area contributed by atoms with Crippen molar-refractivity contribution in [1.82, 2.24) is 9.80 Å². The SMILES string of the molecule is CC(Oc1ccc(C#N)cc1)C(=O)N1CCN(CC2CCCO2)CC1. The summed E-state index contributed by atoms with van der Waals surface area (Å²) in [5, 5.41) is 8.82. The molecule has 2 aliphatic rings. The van der Waals surface area contributed by atoms with Crippen molar-refractivity contribution in [3.63, 3.8) is 0 Å². The van der Waals surface area contributed by atoms with Crippen molar-refractivity contribution in [3.05, 3.63) is 29.8 Å². The molecule has 0 radical (unpaired) electrons. The number of ether oxygens (including phenoxy) is 2. The minimum Gasteiger partial charge on any atom is -0.481 e. The van der Waals surface area contributed by atoms with Gasteiger partial charge >= 0.3 is 0 Å². The molecule has 2 atom stereocenters. The van der Waals surface area contributed by atoms with Gasteiger partial charge in [-0.25, -0.2) is 0 Å². The Hall–Kier alpha value is -2.10. The highest BCUT2D eigenvalue weighted by molar-refractivity contribution is 5.81. The lowest BCUT2D eigenvalue weighted by atomic mass is 10.2. The van der Waals surface area contributed by atoms with E-state index in [0.29, 0.717) is 17.4 Å². The van der Waals surface area contributed by atoms with E-state index in [1.807, 2.05) is 4.90 Å². The van der Waals surface area contributed by atoms with Crippen LogP contribution in [0.5, 0.6) is 5.75 Å². The first-order valence-corrected chi connectivity index (χ1v) is 8.95.